The van der Waals surface area contributed by atoms with Crippen molar-refractivity contribution >= 4 is 23.4 Å². The Hall–Kier alpha value is -0.870. The van der Waals surface area contributed by atoms with Crippen LogP contribution in [0.1, 0.15) is 12.8 Å². The van der Waals surface area contributed by atoms with Crippen molar-refractivity contribution in [2.45, 2.75) is 12.8 Å². The van der Waals surface area contributed by atoms with Crippen molar-refractivity contribution in [2.24, 2.45) is 11.8 Å². The maximum Gasteiger partial charge on any atom is 0.233 e. The molecule has 15 heavy (non-hydrogen) atoms. The van der Waals surface area contributed by atoms with Crippen LogP contribution in [0, 0.1) is 11.8 Å². The standard InChI is InChI=1S/C10H12ClNO3/c11-6-1-2-7-8(5-6)10(15)12(3-4-13)9(7)14/h1,7-8,13H,2-5H2/t7-,8+/m0/s1. The molecule has 1 aliphatic heterocycles. The van der Waals surface area contributed by atoms with Crippen molar-refractivity contribution in [3.8, 4) is 0 Å². The third-order valence-corrected chi connectivity index (χ3v) is 3.29. The van der Waals surface area contributed by atoms with Crippen molar-refractivity contribution in [2.75, 3.05) is 13.2 Å². The minimum absolute atomic E-state index is 0.0995. The molecule has 2 aliphatic rings. The third kappa shape index (κ3) is 1.68. The Morgan fingerprint density at radius 1 is 1.40 bits per heavy atom. The van der Waals surface area contributed by atoms with Crippen LogP contribution in [-0.2, 0) is 9.59 Å². The lowest BCUT2D eigenvalue weighted by atomic mass is 9.85. The number of β-amino-alcohol motifs (C(OH)–C–C–N with tert-alkyl or cyclic N) is 1. The van der Waals surface area contributed by atoms with E-state index in [1.54, 1.807) is 6.08 Å². The van der Waals surface area contributed by atoms with E-state index in [-0.39, 0.29) is 36.8 Å². The summed E-state index contributed by atoms with van der Waals surface area (Å²) in [7, 11) is 0. The SMILES string of the molecule is O=C1[C@H]2CC=C(Cl)C[C@H]2C(=O)N1CCO. The number of hydrogen-bond acceptors (Lipinski definition) is 3. The molecule has 1 fully saturated rings. The van der Waals surface area contributed by atoms with E-state index in [1.807, 2.05) is 0 Å². The Balaban J connectivity index is 2.20. The number of hydrogen-bond donors (Lipinski definition) is 1. The van der Waals surface area contributed by atoms with E-state index in [4.69, 9.17) is 16.7 Å². The van der Waals surface area contributed by atoms with E-state index < -0.39 is 0 Å². The van der Waals surface area contributed by atoms with Crippen LogP contribution >= 0.6 is 11.6 Å². The number of carbonyl (C=O) groups excluding carboxylic acids is 2. The zero-order chi connectivity index (χ0) is 11.0. The lowest BCUT2D eigenvalue weighted by Gasteiger charge is -2.17. The number of nitrogens with zero attached hydrogens (tertiary/aromatic N) is 1. The molecule has 0 bridgehead atoms. The lowest BCUT2D eigenvalue weighted by molar-refractivity contribution is -0.140. The molecule has 0 spiro atoms. The van der Waals surface area contributed by atoms with Crippen LogP contribution in [0.5, 0.6) is 0 Å². The molecular weight excluding hydrogens is 218 g/mol. The van der Waals surface area contributed by atoms with Crippen molar-refractivity contribution in [3.05, 3.63) is 11.1 Å². The van der Waals surface area contributed by atoms with Crippen molar-refractivity contribution in [3.63, 3.8) is 0 Å². The van der Waals surface area contributed by atoms with Gasteiger partial charge in [0, 0.05) is 5.03 Å². The van der Waals surface area contributed by atoms with Gasteiger partial charge in [-0.1, -0.05) is 17.7 Å². The molecule has 2 atom stereocenters. The summed E-state index contributed by atoms with van der Waals surface area (Å²) in [6, 6.07) is 0. The van der Waals surface area contributed by atoms with Crippen LogP contribution in [-0.4, -0.2) is 35.0 Å². The number of likely N-dealkylation sites (tertiary alicyclic amines) is 1. The fourth-order valence-corrected chi connectivity index (χ4v) is 2.47. The first-order valence-electron chi connectivity index (χ1n) is 4.95. The maximum absolute atomic E-state index is 11.8. The van der Waals surface area contributed by atoms with Crippen LogP contribution in [0.15, 0.2) is 11.1 Å². The fourth-order valence-electron chi connectivity index (χ4n) is 2.22. The number of allylic oxidation sites excluding steroid dienone is 2. The Kier molecular flexibility index (Phi) is 2.80. The topological polar surface area (TPSA) is 57.6 Å². The van der Waals surface area contributed by atoms with Gasteiger partial charge in [-0.25, -0.2) is 0 Å². The molecule has 0 aromatic carbocycles. The van der Waals surface area contributed by atoms with E-state index in [0.717, 1.165) is 4.90 Å². The van der Waals surface area contributed by atoms with Crippen LogP contribution in [0.3, 0.4) is 0 Å². The second kappa shape index (κ2) is 3.94. The molecule has 0 radical (unpaired) electrons. The third-order valence-electron chi connectivity index (χ3n) is 2.98. The Bertz CT molecular complexity index is 340. The number of halogens is 1. The minimum Gasteiger partial charge on any atom is -0.395 e. The minimum atomic E-state index is -0.304. The number of amides is 2. The van der Waals surface area contributed by atoms with Crippen LogP contribution in [0.2, 0.25) is 0 Å². The molecule has 4 nitrogen and oxygen atoms in total. The molecule has 1 heterocycles. The fraction of sp³-hybridized carbons (Fsp3) is 0.600. The first kappa shape index (κ1) is 10.6. The number of imide groups is 1. The van der Waals surface area contributed by atoms with Crippen molar-refractivity contribution in [1.29, 1.82) is 0 Å². The summed E-state index contributed by atoms with van der Waals surface area (Å²) in [6.45, 7) is -0.0830. The number of aliphatic hydroxyl groups is 1. The highest BCUT2D eigenvalue weighted by atomic mass is 35.5. The van der Waals surface area contributed by atoms with Gasteiger partial charge in [-0.3, -0.25) is 14.5 Å². The molecule has 2 rings (SSSR count). The quantitative estimate of drug-likeness (QED) is 0.702. The molecule has 1 aliphatic carbocycles. The van der Waals surface area contributed by atoms with Crippen LogP contribution < -0.4 is 0 Å². The highest BCUT2D eigenvalue weighted by molar-refractivity contribution is 6.30. The van der Waals surface area contributed by atoms with Crippen LogP contribution in [0.4, 0.5) is 0 Å². The van der Waals surface area contributed by atoms with E-state index in [9.17, 15) is 9.59 Å². The summed E-state index contributed by atoms with van der Waals surface area (Å²) in [5.74, 6) is -0.919. The van der Waals surface area contributed by atoms with Gasteiger partial charge in [-0.15, -0.1) is 0 Å². The lowest BCUT2D eigenvalue weighted by Crippen LogP contribution is -2.33. The summed E-state index contributed by atoms with van der Waals surface area (Å²) in [6.07, 6.45) is 2.80. The Labute approximate surface area is 92.5 Å². The first-order chi connectivity index (χ1) is 7.15. The predicted molar refractivity (Wildman–Crippen MR) is 54.0 cm³/mol. The average Bonchev–Trinajstić information content (AvgIpc) is 2.44. The monoisotopic (exact) mass is 229 g/mol. The zero-order valence-corrected chi connectivity index (χ0v) is 8.91. The Morgan fingerprint density at radius 2 is 2.07 bits per heavy atom. The molecule has 82 valence electrons. The summed E-state index contributed by atoms with van der Waals surface area (Å²) < 4.78 is 0. The Morgan fingerprint density at radius 3 is 2.73 bits per heavy atom. The van der Waals surface area contributed by atoms with Gasteiger partial charge in [0.2, 0.25) is 11.8 Å². The van der Waals surface area contributed by atoms with Crippen LogP contribution in [0.25, 0.3) is 0 Å². The van der Waals surface area contributed by atoms with Gasteiger partial charge < -0.3 is 5.11 Å². The molecule has 0 unspecified atom stereocenters. The smallest absolute Gasteiger partial charge is 0.233 e. The van der Waals surface area contributed by atoms with Gasteiger partial charge >= 0.3 is 0 Å². The maximum atomic E-state index is 11.8. The second-order valence-electron chi connectivity index (χ2n) is 3.86. The van der Waals surface area contributed by atoms with Gasteiger partial charge in [-0.2, -0.15) is 0 Å². The molecule has 2 amide bonds. The highest BCUT2D eigenvalue weighted by Gasteiger charge is 2.47. The molecule has 1 N–H and O–H groups in total. The van der Waals surface area contributed by atoms with Crippen molar-refractivity contribution < 1.29 is 14.7 Å². The molecular formula is C10H12ClNO3. The summed E-state index contributed by atoms with van der Waals surface area (Å²) in [4.78, 5) is 24.7. The first-order valence-corrected chi connectivity index (χ1v) is 5.33. The highest BCUT2D eigenvalue weighted by Crippen LogP contribution is 2.38. The largest absolute Gasteiger partial charge is 0.395 e. The van der Waals surface area contributed by atoms with Gasteiger partial charge in [0.05, 0.1) is 25.0 Å². The van der Waals surface area contributed by atoms with E-state index in [2.05, 4.69) is 0 Å². The molecule has 5 heteroatoms. The van der Waals surface area contributed by atoms with Crippen molar-refractivity contribution in [1.82, 2.24) is 4.90 Å². The molecule has 0 aromatic heterocycles. The number of rotatable bonds is 2. The van der Waals surface area contributed by atoms with E-state index in [1.165, 1.54) is 0 Å². The zero-order valence-electron chi connectivity index (χ0n) is 8.15. The molecule has 0 saturated carbocycles. The summed E-state index contributed by atoms with van der Waals surface area (Å²) in [5.41, 5.74) is 0. The number of carbonyl (C=O) groups is 2. The van der Waals surface area contributed by atoms with Gasteiger partial charge in [0.1, 0.15) is 0 Å². The number of aliphatic hydroxyl groups excluding tert-OH is 1. The average molecular weight is 230 g/mol. The predicted octanol–water partition coefficient (Wildman–Crippen LogP) is 0.496. The second-order valence-corrected chi connectivity index (χ2v) is 4.34. The summed E-state index contributed by atoms with van der Waals surface area (Å²) in [5, 5.41) is 9.42. The van der Waals surface area contributed by atoms with Gasteiger partial charge in [0.15, 0.2) is 0 Å². The van der Waals surface area contributed by atoms with Gasteiger partial charge in [0.25, 0.3) is 0 Å². The van der Waals surface area contributed by atoms with E-state index in [0.29, 0.717) is 17.9 Å². The van der Waals surface area contributed by atoms with E-state index >= 15 is 0 Å². The summed E-state index contributed by atoms with van der Waals surface area (Å²) >= 11 is 5.85. The number of fused-ring (bicyclic) bond motifs is 1. The normalized spacial score (nSPS) is 30.5. The molecule has 1 saturated heterocycles. The molecule has 0 aromatic rings. The van der Waals surface area contributed by atoms with Gasteiger partial charge in [-0.05, 0) is 12.8 Å².